The lowest BCUT2D eigenvalue weighted by molar-refractivity contribution is -0.145. The fraction of sp³-hybridized carbons (Fsp3) is 0.333. The molecular formula is C18H18ClNO5S. The highest BCUT2D eigenvalue weighted by molar-refractivity contribution is 7.15. The molecule has 0 saturated heterocycles. The maximum atomic E-state index is 12.1. The van der Waals surface area contributed by atoms with Crippen LogP contribution in [-0.4, -0.2) is 34.4 Å². The van der Waals surface area contributed by atoms with E-state index in [0.717, 1.165) is 5.56 Å². The van der Waals surface area contributed by atoms with Gasteiger partial charge >= 0.3 is 11.9 Å². The first kappa shape index (κ1) is 20.1. The van der Waals surface area contributed by atoms with Crippen molar-refractivity contribution in [3.63, 3.8) is 0 Å². The Morgan fingerprint density at radius 2 is 1.92 bits per heavy atom. The molecule has 2 aromatic rings. The van der Waals surface area contributed by atoms with Gasteiger partial charge in [0.25, 0.3) is 0 Å². The number of aromatic nitrogens is 1. The molecule has 0 amide bonds. The lowest BCUT2D eigenvalue weighted by Gasteiger charge is -2.11. The summed E-state index contributed by atoms with van der Waals surface area (Å²) in [5, 5.41) is 10.5. The van der Waals surface area contributed by atoms with E-state index in [2.05, 4.69) is 4.98 Å². The van der Waals surface area contributed by atoms with E-state index in [9.17, 15) is 14.4 Å². The summed E-state index contributed by atoms with van der Waals surface area (Å²) in [6.07, 6.45) is 0.969. The number of ketones is 1. The summed E-state index contributed by atoms with van der Waals surface area (Å²) in [6, 6.07) is 7.14. The highest BCUT2D eigenvalue weighted by atomic mass is 35.5. The SMILES string of the molecule is CCOC(=O)CC(=O)C[C@H](CC(=O)O)c1cnc(-c2ccc(Cl)cc2)s1. The van der Waals surface area contributed by atoms with Crippen LogP contribution in [0.2, 0.25) is 5.02 Å². The Balaban J connectivity index is 2.14. The van der Waals surface area contributed by atoms with E-state index in [1.54, 1.807) is 25.3 Å². The Bertz CT molecular complexity index is 787. The van der Waals surface area contributed by atoms with Gasteiger partial charge in [-0.05, 0) is 19.1 Å². The number of nitrogens with zero attached hydrogens (tertiary/aromatic N) is 1. The first-order chi connectivity index (χ1) is 12.4. The van der Waals surface area contributed by atoms with Gasteiger partial charge in [-0.2, -0.15) is 0 Å². The number of thiazole rings is 1. The van der Waals surface area contributed by atoms with Crippen molar-refractivity contribution in [2.75, 3.05) is 6.61 Å². The van der Waals surface area contributed by atoms with Crippen LogP contribution in [0.5, 0.6) is 0 Å². The molecule has 0 fully saturated rings. The van der Waals surface area contributed by atoms with Gasteiger partial charge in [0.2, 0.25) is 0 Å². The van der Waals surface area contributed by atoms with Crippen LogP contribution < -0.4 is 0 Å². The molecular weight excluding hydrogens is 378 g/mol. The molecule has 0 aliphatic rings. The molecule has 1 heterocycles. The minimum atomic E-state index is -1.01. The first-order valence-electron chi connectivity index (χ1n) is 7.99. The molecule has 0 spiro atoms. The summed E-state index contributed by atoms with van der Waals surface area (Å²) in [6.45, 7) is 1.86. The molecule has 0 bridgehead atoms. The number of hydrogen-bond donors (Lipinski definition) is 1. The number of esters is 1. The van der Waals surface area contributed by atoms with E-state index in [1.807, 2.05) is 12.1 Å². The summed E-state index contributed by atoms with van der Waals surface area (Å²) in [7, 11) is 0. The van der Waals surface area contributed by atoms with Gasteiger partial charge < -0.3 is 9.84 Å². The van der Waals surface area contributed by atoms with Crippen molar-refractivity contribution in [1.82, 2.24) is 4.98 Å². The summed E-state index contributed by atoms with van der Waals surface area (Å²) in [4.78, 5) is 39.7. The Labute approximate surface area is 159 Å². The molecule has 6 nitrogen and oxygen atoms in total. The van der Waals surface area contributed by atoms with Gasteiger partial charge in [0, 0.05) is 34.0 Å². The molecule has 1 aromatic heterocycles. The van der Waals surface area contributed by atoms with Gasteiger partial charge in [-0.1, -0.05) is 23.7 Å². The fourth-order valence-electron chi connectivity index (χ4n) is 2.41. The molecule has 138 valence electrons. The van der Waals surface area contributed by atoms with Crippen LogP contribution in [0.1, 0.15) is 37.0 Å². The molecule has 0 radical (unpaired) electrons. The first-order valence-corrected chi connectivity index (χ1v) is 9.19. The number of carboxylic acid groups (broad SMARTS) is 1. The third kappa shape index (κ3) is 5.93. The van der Waals surface area contributed by atoms with Gasteiger partial charge in [-0.15, -0.1) is 11.3 Å². The third-order valence-corrected chi connectivity index (χ3v) is 5.02. The second kappa shape index (κ2) is 9.45. The number of rotatable bonds is 9. The van der Waals surface area contributed by atoms with E-state index in [4.69, 9.17) is 21.4 Å². The van der Waals surface area contributed by atoms with Crippen molar-refractivity contribution >= 4 is 40.7 Å². The van der Waals surface area contributed by atoms with Crippen molar-refractivity contribution in [3.05, 3.63) is 40.4 Å². The molecule has 0 unspecified atom stereocenters. The van der Waals surface area contributed by atoms with Crippen LogP contribution in [0.4, 0.5) is 0 Å². The molecule has 8 heteroatoms. The molecule has 1 atom stereocenters. The van der Waals surface area contributed by atoms with Gasteiger partial charge in [0.15, 0.2) is 0 Å². The van der Waals surface area contributed by atoms with Crippen LogP contribution in [0.25, 0.3) is 10.6 Å². The zero-order chi connectivity index (χ0) is 19.1. The molecule has 0 aliphatic carbocycles. The predicted molar refractivity (Wildman–Crippen MR) is 98.4 cm³/mol. The normalized spacial score (nSPS) is 11.8. The van der Waals surface area contributed by atoms with Crippen LogP contribution in [0, 0.1) is 0 Å². The number of benzene rings is 1. The third-order valence-electron chi connectivity index (χ3n) is 3.56. The summed E-state index contributed by atoms with van der Waals surface area (Å²) < 4.78 is 4.76. The average molecular weight is 396 g/mol. The zero-order valence-corrected chi connectivity index (χ0v) is 15.7. The van der Waals surface area contributed by atoms with Gasteiger partial charge in [-0.25, -0.2) is 4.98 Å². The smallest absolute Gasteiger partial charge is 0.313 e. The van der Waals surface area contributed by atoms with E-state index >= 15 is 0 Å². The van der Waals surface area contributed by atoms with E-state index < -0.39 is 17.9 Å². The lowest BCUT2D eigenvalue weighted by atomic mass is 9.96. The second-order valence-electron chi connectivity index (χ2n) is 5.59. The van der Waals surface area contributed by atoms with E-state index in [1.165, 1.54) is 11.3 Å². The zero-order valence-electron chi connectivity index (χ0n) is 14.1. The standard InChI is InChI=1S/C18H18ClNO5S/c1-2-25-17(24)9-14(21)7-12(8-16(22)23)15-10-20-18(26-15)11-3-5-13(19)6-4-11/h3-6,10,12H,2,7-9H2,1H3,(H,22,23)/t12-/m1/s1. The topological polar surface area (TPSA) is 93.6 Å². The second-order valence-corrected chi connectivity index (χ2v) is 7.09. The van der Waals surface area contributed by atoms with Crippen molar-refractivity contribution in [3.8, 4) is 10.6 Å². The Kier molecular flexibility index (Phi) is 7.29. The minimum absolute atomic E-state index is 0.0482. The van der Waals surface area contributed by atoms with Gasteiger partial charge in [0.05, 0.1) is 13.0 Å². The monoisotopic (exact) mass is 395 g/mol. The van der Waals surface area contributed by atoms with Crippen LogP contribution in [-0.2, 0) is 19.1 Å². The summed E-state index contributed by atoms with van der Waals surface area (Å²) >= 11 is 7.20. The average Bonchev–Trinajstić information content (AvgIpc) is 3.04. The molecule has 26 heavy (non-hydrogen) atoms. The van der Waals surface area contributed by atoms with Crippen molar-refractivity contribution in [2.24, 2.45) is 0 Å². The Morgan fingerprint density at radius 3 is 2.54 bits per heavy atom. The number of carbonyl (C=O) groups is 3. The quantitative estimate of drug-likeness (QED) is 0.510. The number of carbonyl (C=O) groups excluding carboxylic acids is 2. The summed E-state index contributed by atoms with van der Waals surface area (Å²) in [5.74, 6) is -2.50. The van der Waals surface area contributed by atoms with Gasteiger partial charge in [-0.3, -0.25) is 14.4 Å². The molecule has 0 saturated carbocycles. The van der Waals surface area contributed by atoms with E-state index in [0.29, 0.717) is 14.9 Å². The van der Waals surface area contributed by atoms with Crippen molar-refractivity contribution in [1.29, 1.82) is 0 Å². The molecule has 0 aliphatic heterocycles. The van der Waals surface area contributed by atoms with Crippen molar-refractivity contribution < 1.29 is 24.2 Å². The number of halogens is 1. The maximum Gasteiger partial charge on any atom is 0.313 e. The lowest BCUT2D eigenvalue weighted by Crippen LogP contribution is -2.15. The highest BCUT2D eigenvalue weighted by Crippen LogP contribution is 2.34. The number of ether oxygens (including phenoxy) is 1. The van der Waals surface area contributed by atoms with Crippen LogP contribution in [0.3, 0.4) is 0 Å². The van der Waals surface area contributed by atoms with Crippen LogP contribution in [0.15, 0.2) is 30.5 Å². The molecule has 1 N–H and O–H groups in total. The van der Waals surface area contributed by atoms with E-state index in [-0.39, 0.29) is 31.7 Å². The fourth-order valence-corrected chi connectivity index (χ4v) is 3.55. The molecule has 1 aromatic carbocycles. The maximum absolute atomic E-state index is 12.1. The summed E-state index contributed by atoms with van der Waals surface area (Å²) in [5.41, 5.74) is 0.859. The Morgan fingerprint density at radius 1 is 1.23 bits per heavy atom. The Hall–Kier alpha value is -2.25. The minimum Gasteiger partial charge on any atom is -0.481 e. The highest BCUT2D eigenvalue weighted by Gasteiger charge is 2.23. The number of hydrogen-bond acceptors (Lipinski definition) is 6. The number of aliphatic carboxylic acids is 1. The molecule has 2 rings (SSSR count). The number of carboxylic acids is 1. The largest absolute Gasteiger partial charge is 0.481 e. The predicted octanol–water partition coefficient (Wildman–Crippen LogP) is 3.93. The van der Waals surface area contributed by atoms with Gasteiger partial charge in [0.1, 0.15) is 17.2 Å². The van der Waals surface area contributed by atoms with Crippen molar-refractivity contribution in [2.45, 2.75) is 32.1 Å². The number of Topliss-reactive ketones (excluding diaryl/α,β-unsaturated/α-hetero) is 1. The van der Waals surface area contributed by atoms with Crippen LogP contribution >= 0.6 is 22.9 Å².